The van der Waals surface area contributed by atoms with E-state index in [1.54, 1.807) is 6.07 Å². The van der Waals surface area contributed by atoms with E-state index in [1.165, 1.54) is 5.56 Å². The summed E-state index contributed by atoms with van der Waals surface area (Å²) in [6.45, 7) is 5.88. The van der Waals surface area contributed by atoms with E-state index in [9.17, 15) is 4.79 Å². The number of aryl methyl sites for hydroxylation is 3. The first-order valence-corrected chi connectivity index (χ1v) is 7.52. The van der Waals surface area contributed by atoms with Gasteiger partial charge < -0.3 is 10.6 Å². The van der Waals surface area contributed by atoms with Gasteiger partial charge in [-0.25, -0.2) is 9.97 Å². The summed E-state index contributed by atoms with van der Waals surface area (Å²) in [5.74, 6) is 0.324. The van der Waals surface area contributed by atoms with Gasteiger partial charge in [-0.05, 0) is 51.3 Å². The number of amides is 1. The van der Waals surface area contributed by atoms with Crippen LogP contribution in [0.15, 0.2) is 24.3 Å². The fourth-order valence-electron chi connectivity index (χ4n) is 2.30. The lowest BCUT2D eigenvalue weighted by Gasteiger charge is -2.10. The van der Waals surface area contributed by atoms with Crippen molar-refractivity contribution in [2.24, 2.45) is 0 Å². The summed E-state index contributed by atoms with van der Waals surface area (Å²) < 4.78 is 0. The summed E-state index contributed by atoms with van der Waals surface area (Å²) in [6.07, 6.45) is 2.28. The summed E-state index contributed by atoms with van der Waals surface area (Å²) in [4.78, 5) is 21.1. The van der Waals surface area contributed by atoms with Crippen molar-refractivity contribution in [3.05, 3.63) is 46.8 Å². The zero-order valence-electron chi connectivity index (χ0n) is 13.1. The number of carbonyl (C=O) groups excluding carboxylic acids is 1. The lowest BCUT2D eigenvalue weighted by molar-refractivity contribution is 0.102. The number of nitrogens with one attached hydrogen (secondary N) is 2. The van der Waals surface area contributed by atoms with Crippen LogP contribution in [0.3, 0.4) is 0 Å². The lowest BCUT2D eigenvalue weighted by atomic mass is 10.1. The zero-order valence-corrected chi connectivity index (χ0v) is 13.1. The van der Waals surface area contributed by atoms with Gasteiger partial charge in [-0.1, -0.05) is 17.7 Å². The number of nitrogens with zero attached hydrogens (tertiary/aromatic N) is 2. The highest BCUT2D eigenvalue weighted by atomic mass is 16.1. The molecule has 1 aromatic heterocycles. The minimum absolute atomic E-state index is 0.212. The van der Waals surface area contributed by atoms with E-state index < -0.39 is 0 Å². The maximum Gasteiger partial charge on any atom is 0.274 e. The first-order chi connectivity index (χ1) is 10.5. The van der Waals surface area contributed by atoms with Gasteiger partial charge in [0.05, 0.1) is 0 Å². The number of hydrogen-bond donors (Lipinski definition) is 2. The highest BCUT2D eigenvalue weighted by Gasteiger charge is 2.22. The topological polar surface area (TPSA) is 66.9 Å². The first kappa shape index (κ1) is 14.5. The molecule has 1 aromatic carbocycles. The lowest BCUT2D eigenvalue weighted by Crippen LogP contribution is -2.17. The van der Waals surface area contributed by atoms with Crippen LogP contribution in [0.25, 0.3) is 0 Å². The highest BCUT2D eigenvalue weighted by Crippen LogP contribution is 2.23. The SMILES string of the molecule is Cc1ccc(NC(=O)c2cc(C)nc(NC3CC3)n2)c(C)c1. The monoisotopic (exact) mass is 296 g/mol. The molecule has 0 saturated heterocycles. The predicted molar refractivity (Wildman–Crippen MR) is 87.3 cm³/mol. The van der Waals surface area contributed by atoms with E-state index in [-0.39, 0.29) is 5.91 Å². The third kappa shape index (κ3) is 3.42. The Morgan fingerprint density at radius 3 is 2.59 bits per heavy atom. The van der Waals surface area contributed by atoms with E-state index >= 15 is 0 Å². The van der Waals surface area contributed by atoms with E-state index in [4.69, 9.17) is 0 Å². The maximum atomic E-state index is 12.4. The number of rotatable bonds is 4. The minimum Gasteiger partial charge on any atom is -0.351 e. The molecule has 0 bridgehead atoms. The Balaban J connectivity index is 1.80. The summed E-state index contributed by atoms with van der Waals surface area (Å²) in [6, 6.07) is 8.10. The Hall–Kier alpha value is -2.43. The second kappa shape index (κ2) is 5.75. The molecule has 0 spiro atoms. The van der Waals surface area contributed by atoms with Crippen molar-refractivity contribution >= 4 is 17.5 Å². The third-order valence-electron chi connectivity index (χ3n) is 3.63. The van der Waals surface area contributed by atoms with Crippen LogP contribution < -0.4 is 10.6 Å². The van der Waals surface area contributed by atoms with Gasteiger partial charge in [0.15, 0.2) is 0 Å². The second-order valence-electron chi connectivity index (χ2n) is 5.91. The summed E-state index contributed by atoms with van der Waals surface area (Å²) >= 11 is 0. The molecule has 1 aliphatic carbocycles. The van der Waals surface area contributed by atoms with Crippen molar-refractivity contribution in [2.45, 2.75) is 39.7 Å². The number of aromatic nitrogens is 2. The van der Waals surface area contributed by atoms with Crippen molar-refractivity contribution in [2.75, 3.05) is 10.6 Å². The fraction of sp³-hybridized carbons (Fsp3) is 0.353. The van der Waals surface area contributed by atoms with E-state index in [0.29, 0.717) is 17.7 Å². The van der Waals surface area contributed by atoms with Crippen LogP contribution in [-0.2, 0) is 0 Å². The van der Waals surface area contributed by atoms with Crippen LogP contribution in [-0.4, -0.2) is 21.9 Å². The van der Waals surface area contributed by atoms with Crippen molar-refractivity contribution in [1.29, 1.82) is 0 Å². The number of hydrogen-bond acceptors (Lipinski definition) is 4. The maximum absolute atomic E-state index is 12.4. The fourth-order valence-corrected chi connectivity index (χ4v) is 2.30. The van der Waals surface area contributed by atoms with E-state index in [2.05, 4.69) is 20.6 Å². The molecule has 22 heavy (non-hydrogen) atoms. The van der Waals surface area contributed by atoms with Gasteiger partial charge in [-0.3, -0.25) is 4.79 Å². The van der Waals surface area contributed by atoms with E-state index in [1.807, 2.05) is 39.0 Å². The third-order valence-corrected chi connectivity index (χ3v) is 3.63. The Morgan fingerprint density at radius 1 is 1.14 bits per heavy atom. The normalized spacial score (nSPS) is 13.8. The average molecular weight is 296 g/mol. The summed E-state index contributed by atoms with van der Waals surface area (Å²) in [7, 11) is 0. The van der Waals surface area contributed by atoms with Crippen LogP contribution in [0.1, 0.15) is 40.2 Å². The predicted octanol–water partition coefficient (Wildman–Crippen LogP) is 3.23. The quantitative estimate of drug-likeness (QED) is 0.909. The van der Waals surface area contributed by atoms with Gasteiger partial charge >= 0.3 is 0 Å². The van der Waals surface area contributed by atoms with Crippen molar-refractivity contribution in [1.82, 2.24) is 9.97 Å². The Labute approximate surface area is 130 Å². The summed E-state index contributed by atoms with van der Waals surface area (Å²) in [5, 5.41) is 6.15. The largest absolute Gasteiger partial charge is 0.351 e. The van der Waals surface area contributed by atoms with Crippen LogP contribution in [0.4, 0.5) is 11.6 Å². The minimum atomic E-state index is -0.212. The molecule has 2 aromatic rings. The van der Waals surface area contributed by atoms with Crippen molar-refractivity contribution in [3.63, 3.8) is 0 Å². The molecule has 1 amide bonds. The highest BCUT2D eigenvalue weighted by molar-refractivity contribution is 6.03. The Kier molecular flexibility index (Phi) is 3.79. The van der Waals surface area contributed by atoms with Gasteiger partial charge in [-0.2, -0.15) is 0 Å². The van der Waals surface area contributed by atoms with Crippen LogP contribution >= 0.6 is 0 Å². The first-order valence-electron chi connectivity index (χ1n) is 7.52. The molecular weight excluding hydrogens is 276 g/mol. The van der Waals surface area contributed by atoms with Crippen LogP contribution in [0, 0.1) is 20.8 Å². The number of benzene rings is 1. The molecule has 5 heteroatoms. The van der Waals surface area contributed by atoms with Crippen LogP contribution in [0.2, 0.25) is 0 Å². The average Bonchev–Trinajstić information content (AvgIpc) is 3.25. The molecular formula is C17H20N4O. The Bertz CT molecular complexity index is 723. The van der Waals surface area contributed by atoms with E-state index in [0.717, 1.165) is 29.8 Å². The molecule has 114 valence electrons. The number of carbonyl (C=O) groups is 1. The molecule has 1 saturated carbocycles. The van der Waals surface area contributed by atoms with Gasteiger partial charge in [0.2, 0.25) is 5.95 Å². The molecule has 1 heterocycles. The molecule has 0 aliphatic heterocycles. The summed E-state index contributed by atoms with van der Waals surface area (Å²) in [5.41, 5.74) is 4.18. The van der Waals surface area contributed by atoms with Crippen molar-refractivity contribution < 1.29 is 4.79 Å². The molecule has 0 radical (unpaired) electrons. The van der Waals surface area contributed by atoms with Crippen LogP contribution in [0.5, 0.6) is 0 Å². The molecule has 5 nitrogen and oxygen atoms in total. The molecule has 0 unspecified atom stereocenters. The second-order valence-corrected chi connectivity index (χ2v) is 5.91. The zero-order chi connectivity index (χ0) is 15.7. The molecule has 1 aliphatic rings. The van der Waals surface area contributed by atoms with Gasteiger partial charge in [0.1, 0.15) is 5.69 Å². The Morgan fingerprint density at radius 2 is 1.91 bits per heavy atom. The standard InChI is InChI=1S/C17H20N4O/c1-10-4-7-14(11(2)8-10)20-16(22)15-9-12(3)18-17(21-15)19-13-5-6-13/h4,7-9,13H,5-6H2,1-3H3,(H,20,22)(H,18,19,21). The number of anilines is 2. The molecule has 2 N–H and O–H groups in total. The smallest absolute Gasteiger partial charge is 0.274 e. The van der Waals surface area contributed by atoms with Gasteiger partial charge in [-0.15, -0.1) is 0 Å². The van der Waals surface area contributed by atoms with Gasteiger partial charge in [0, 0.05) is 17.4 Å². The van der Waals surface area contributed by atoms with Crippen molar-refractivity contribution in [3.8, 4) is 0 Å². The molecule has 1 fully saturated rings. The molecule has 0 atom stereocenters. The van der Waals surface area contributed by atoms with Gasteiger partial charge in [0.25, 0.3) is 5.91 Å². The molecule has 3 rings (SSSR count).